The van der Waals surface area contributed by atoms with Crippen LogP contribution in [0.25, 0.3) is 0 Å². The molecule has 1 unspecified atom stereocenters. The van der Waals surface area contributed by atoms with Gasteiger partial charge in [-0.15, -0.1) is 0 Å². The van der Waals surface area contributed by atoms with Crippen LogP contribution < -0.4 is 0 Å². The third-order valence-electron chi connectivity index (χ3n) is 1.34. The van der Waals surface area contributed by atoms with Gasteiger partial charge < -0.3 is 4.52 Å². The predicted molar refractivity (Wildman–Crippen MR) is 47.4 cm³/mol. The van der Waals surface area contributed by atoms with E-state index in [1.807, 2.05) is 0 Å². The smallest absolute Gasteiger partial charge is 0.100 e. The quantitative estimate of drug-likeness (QED) is 0.455. The molecule has 3 heteroatoms. The highest BCUT2D eigenvalue weighted by Crippen LogP contribution is 2.33. The molecule has 10 heavy (non-hydrogen) atoms. The standard InChI is InChI=1S/C7H18NOP/c1-5-6-7-9-10(4)8(2)3/h5-7H2,1-4H3. The van der Waals surface area contributed by atoms with Crippen LogP contribution in [0.2, 0.25) is 0 Å². The normalized spacial score (nSPS) is 14.1. The van der Waals surface area contributed by atoms with Crippen molar-refractivity contribution in [3.05, 3.63) is 0 Å². The first-order valence-electron chi connectivity index (χ1n) is 3.72. The molecule has 0 saturated heterocycles. The first kappa shape index (κ1) is 10.3. The number of hydrogen-bond donors (Lipinski definition) is 0. The molecule has 0 saturated carbocycles. The predicted octanol–water partition coefficient (Wildman–Crippen LogP) is 2.31. The minimum absolute atomic E-state index is 0.318. The first-order chi connectivity index (χ1) is 4.68. The van der Waals surface area contributed by atoms with Gasteiger partial charge in [-0.3, -0.25) is 4.67 Å². The monoisotopic (exact) mass is 163 g/mol. The molecule has 0 radical (unpaired) electrons. The number of nitrogens with zero attached hydrogens (tertiary/aromatic N) is 1. The average molecular weight is 163 g/mol. The lowest BCUT2D eigenvalue weighted by Crippen LogP contribution is -2.05. The van der Waals surface area contributed by atoms with E-state index < -0.39 is 0 Å². The molecular formula is C7H18NOP. The second-order valence-electron chi connectivity index (χ2n) is 2.50. The molecule has 0 aliphatic rings. The Hall–Kier alpha value is 0.350. The summed E-state index contributed by atoms with van der Waals surface area (Å²) in [4.78, 5) is 0. The van der Waals surface area contributed by atoms with Crippen LogP contribution in [-0.4, -0.2) is 32.0 Å². The third-order valence-corrected chi connectivity index (χ3v) is 3.02. The minimum atomic E-state index is -0.318. The summed E-state index contributed by atoms with van der Waals surface area (Å²) in [7, 11) is 3.79. The van der Waals surface area contributed by atoms with Gasteiger partial charge in [0.25, 0.3) is 0 Å². The highest BCUT2D eigenvalue weighted by atomic mass is 31.2. The van der Waals surface area contributed by atoms with Crippen LogP contribution in [0.3, 0.4) is 0 Å². The Morgan fingerprint density at radius 2 is 2.00 bits per heavy atom. The van der Waals surface area contributed by atoms with Gasteiger partial charge in [-0.05, 0) is 27.2 Å². The SMILES string of the molecule is CCCCOP(C)N(C)C. The van der Waals surface area contributed by atoms with E-state index in [2.05, 4.69) is 32.4 Å². The van der Waals surface area contributed by atoms with Gasteiger partial charge in [-0.25, -0.2) is 0 Å². The molecule has 0 aromatic rings. The third kappa shape index (κ3) is 5.16. The second kappa shape index (κ2) is 6.09. The van der Waals surface area contributed by atoms with Crippen molar-refractivity contribution in [2.45, 2.75) is 19.8 Å². The van der Waals surface area contributed by atoms with Gasteiger partial charge in [0, 0.05) is 0 Å². The summed E-state index contributed by atoms with van der Waals surface area (Å²) in [6.07, 6.45) is 2.40. The highest BCUT2D eigenvalue weighted by Gasteiger charge is 2.02. The Balaban J connectivity index is 3.13. The molecule has 2 nitrogen and oxygen atoms in total. The van der Waals surface area contributed by atoms with Crippen LogP contribution in [0.1, 0.15) is 19.8 Å². The van der Waals surface area contributed by atoms with Crippen molar-refractivity contribution in [1.82, 2.24) is 4.67 Å². The minimum Gasteiger partial charge on any atom is -0.344 e. The Bertz CT molecular complexity index is 78.0. The fourth-order valence-corrected chi connectivity index (χ4v) is 1.08. The fraction of sp³-hybridized carbons (Fsp3) is 1.00. The summed E-state index contributed by atoms with van der Waals surface area (Å²) in [5, 5.41) is 0. The maximum atomic E-state index is 5.53. The molecule has 0 aliphatic carbocycles. The number of unbranched alkanes of at least 4 members (excludes halogenated alkanes) is 1. The molecule has 0 fully saturated rings. The Morgan fingerprint density at radius 1 is 1.40 bits per heavy atom. The lowest BCUT2D eigenvalue weighted by atomic mass is 10.4. The molecular weight excluding hydrogens is 145 g/mol. The summed E-state index contributed by atoms with van der Waals surface area (Å²) < 4.78 is 7.66. The molecule has 62 valence electrons. The largest absolute Gasteiger partial charge is 0.344 e. The van der Waals surface area contributed by atoms with Crippen LogP contribution in [0, 0.1) is 0 Å². The van der Waals surface area contributed by atoms with Crippen molar-refractivity contribution in [3.63, 3.8) is 0 Å². The van der Waals surface area contributed by atoms with Crippen LogP contribution in [-0.2, 0) is 4.52 Å². The van der Waals surface area contributed by atoms with Gasteiger partial charge in [-0.2, -0.15) is 0 Å². The molecule has 0 aromatic heterocycles. The van der Waals surface area contributed by atoms with E-state index in [0.717, 1.165) is 6.61 Å². The molecule has 1 atom stereocenters. The van der Waals surface area contributed by atoms with Crippen LogP contribution in [0.4, 0.5) is 0 Å². The molecule has 0 aromatic carbocycles. The van der Waals surface area contributed by atoms with Crippen molar-refractivity contribution >= 4 is 8.30 Å². The molecule has 0 rings (SSSR count). The zero-order valence-electron chi connectivity index (χ0n) is 7.42. The first-order valence-corrected chi connectivity index (χ1v) is 5.38. The Labute approximate surface area is 65.4 Å². The summed E-state index contributed by atoms with van der Waals surface area (Å²) in [5.41, 5.74) is 0. The number of rotatable bonds is 5. The zero-order chi connectivity index (χ0) is 7.98. The van der Waals surface area contributed by atoms with Gasteiger partial charge >= 0.3 is 0 Å². The van der Waals surface area contributed by atoms with Gasteiger partial charge in [-0.1, -0.05) is 13.3 Å². The average Bonchev–Trinajstić information content (AvgIpc) is 1.88. The summed E-state index contributed by atoms with van der Waals surface area (Å²) >= 11 is 0. The van der Waals surface area contributed by atoms with Gasteiger partial charge in [0.05, 0.1) is 6.61 Å². The number of hydrogen-bond acceptors (Lipinski definition) is 2. The topological polar surface area (TPSA) is 12.5 Å². The summed E-state index contributed by atoms with van der Waals surface area (Å²) in [6.45, 7) is 5.22. The van der Waals surface area contributed by atoms with E-state index in [9.17, 15) is 0 Å². The van der Waals surface area contributed by atoms with Gasteiger partial charge in [0.1, 0.15) is 8.30 Å². The van der Waals surface area contributed by atoms with Crippen molar-refractivity contribution in [2.24, 2.45) is 0 Å². The van der Waals surface area contributed by atoms with Crippen LogP contribution in [0.15, 0.2) is 0 Å². The van der Waals surface area contributed by atoms with E-state index in [0.29, 0.717) is 0 Å². The van der Waals surface area contributed by atoms with Crippen molar-refractivity contribution in [3.8, 4) is 0 Å². The van der Waals surface area contributed by atoms with E-state index in [4.69, 9.17) is 4.52 Å². The fourth-order valence-electron chi connectivity index (χ4n) is 0.456. The van der Waals surface area contributed by atoms with Crippen molar-refractivity contribution < 1.29 is 4.52 Å². The van der Waals surface area contributed by atoms with Crippen LogP contribution >= 0.6 is 8.30 Å². The maximum absolute atomic E-state index is 5.53. The van der Waals surface area contributed by atoms with E-state index >= 15 is 0 Å². The van der Waals surface area contributed by atoms with Crippen molar-refractivity contribution in [1.29, 1.82) is 0 Å². The van der Waals surface area contributed by atoms with Crippen molar-refractivity contribution in [2.75, 3.05) is 27.4 Å². The molecule has 0 spiro atoms. The lowest BCUT2D eigenvalue weighted by Gasteiger charge is -2.18. The summed E-state index contributed by atoms with van der Waals surface area (Å²) in [6, 6.07) is 0. The molecule has 0 heterocycles. The Morgan fingerprint density at radius 3 is 2.40 bits per heavy atom. The molecule has 0 amide bonds. The van der Waals surface area contributed by atoms with E-state index in [1.165, 1.54) is 12.8 Å². The van der Waals surface area contributed by atoms with Crippen LogP contribution in [0.5, 0.6) is 0 Å². The lowest BCUT2D eigenvalue weighted by molar-refractivity contribution is 0.322. The van der Waals surface area contributed by atoms with E-state index in [-0.39, 0.29) is 8.30 Å². The van der Waals surface area contributed by atoms with Gasteiger partial charge in [0.2, 0.25) is 0 Å². The van der Waals surface area contributed by atoms with Gasteiger partial charge in [0.15, 0.2) is 0 Å². The molecule has 0 bridgehead atoms. The van der Waals surface area contributed by atoms with E-state index in [1.54, 1.807) is 0 Å². The zero-order valence-corrected chi connectivity index (χ0v) is 8.32. The maximum Gasteiger partial charge on any atom is 0.100 e. The Kier molecular flexibility index (Phi) is 6.30. The molecule has 0 N–H and O–H groups in total. The second-order valence-corrected chi connectivity index (χ2v) is 4.48. The summed E-state index contributed by atoms with van der Waals surface area (Å²) in [5.74, 6) is 0. The highest BCUT2D eigenvalue weighted by molar-refractivity contribution is 7.49. The molecule has 0 aliphatic heterocycles.